The van der Waals surface area contributed by atoms with Gasteiger partial charge in [0.05, 0.1) is 10.9 Å². The molecule has 4 fully saturated rings. The third-order valence-electron chi connectivity index (χ3n) is 8.66. The van der Waals surface area contributed by atoms with Crippen molar-refractivity contribution in [2.45, 2.75) is 100 Å². The lowest BCUT2D eigenvalue weighted by atomic mass is 9.93. The number of amides is 1. The van der Waals surface area contributed by atoms with Gasteiger partial charge in [0.2, 0.25) is 10.0 Å². The summed E-state index contributed by atoms with van der Waals surface area (Å²) in [4.78, 5) is 17.8. The van der Waals surface area contributed by atoms with E-state index in [2.05, 4.69) is 11.8 Å². The molecule has 4 aliphatic rings. The molecule has 2 aliphatic heterocycles. The summed E-state index contributed by atoms with van der Waals surface area (Å²) in [6, 6.07) is 6.76. The van der Waals surface area contributed by atoms with Crippen LogP contribution in [0.5, 0.6) is 0 Å². The fraction of sp³-hybridized carbons (Fsp3) is 0.741. The number of piperazine rings is 1. The van der Waals surface area contributed by atoms with Crippen molar-refractivity contribution < 1.29 is 17.9 Å². The third-order valence-corrected chi connectivity index (χ3v) is 10.9. The van der Waals surface area contributed by atoms with E-state index in [4.69, 9.17) is 16.3 Å². The fourth-order valence-electron chi connectivity index (χ4n) is 6.56. The number of halogens is 1. The SMILES string of the molecule is C[C@H]1CN(C2CCCCC2)CCN1C(=O)OC[C@H]1CCC[C@@H](C2CC2)N1S(=O)(=O)c1ccc(Cl)cc1. The third kappa shape index (κ3) is 5.71. The standard InChI is InChI=1S/C27H40ClN3O4S/c1-20-18-29(23-6-3-2-4-7-23)16-17-30(20)27(32)35-19-24-8-5-9-26(21-10-11-21)31(24)36(33,34)25-14-12-22(28)13-15-25/h12-15,20-21,23-24,26H,2-11,16-19H2,1H3/t20-,24+,26-/m0/s1. The first kappa shape index (κ1) is 26.3. The van der Waals surface area contributed by atoms with Crippen LogP contribution in [0.15, 0.2) is 29.2 Å². The number of benzene rings is 1. The van der Waals surface area contributed by atoms with Crippen molar-refractivity contribution >= 4 is 27.7 Å². The topological polar surface area (TPSA) is 70.2 Å². The average molecular weight is 538 g/mol. The van der Waals surface area contributed by atoms with E-state index in [-0.39, 0.29) is 35.7 Å². The molecule has 0 radical (unpaired) electrons. The van der Waals surface area contributed by atoms with Crippen molar-refractivity contribution in [1.29, 1.82) is 0 Å². The van der Waals surface area contributed by atoms with Crippen LogP contribution in [0.25, 0.3) is 0 Å². The van der Waals surface area contributed by atoms with Gasteiger partial charge < -0.3 is 9.64 Å². The van der Waals surface area contributed by atoms with Gasteiger partial charge in [0.25, 0.3) is 0 Å². The smallest absolute Gasteiger partial charge is 0.410 e. The van der Waals surface area contributed by atoms with E-state index >= 15 is 0 Å². The highest BCUT2D eigenvalue weighted by Gasteiger charge is 2.46. The molecule has 36 heavy (non-hydrogen) atoms. The molecule has 0 bridgehead atoms. The quantitative estimate of drug-likeness (QED) is 0.502. The largest absolute Gasteiger partial charge is 0.448 e. The minimum absolute atomic E-state index is 0.0268. The maximum atomic E-state index is 13.8. The molecule has 5 rings (SSSR count). The van der Waals surface area contributed by atoms with Crippen LogP contribution in [-0.2, 0) is 14.8 Å². The van der Waals surface area contributed by atoms with Crippen molar-refractivity contribution in [1.82, 2.24) is 14.1 Å². The minimum Gasteiger partial charge on any atom is -0.448 e. The minimum atomic E-state index is -3.72. The molecule has 2 aliphatic carbocycles. The van der Waals surface area contributed by atoms with E-state index in [1.807, 2.05) is 4.90 Å². The average Bonchev–Trinajstić information content (AvgIpc) is 3.73. The van der Waals surface area contributed by atoms with Gasteiger partial charge in [-0.2, -0.15) is 4.31 Å². The highest BCUT2D eigenvalue weighted by Crippen LogP contribution is 2.43. The maximum absolute atomic E-state index is 13.8. The van der Waals surface area contributed by atoms with Gasteiger partial charge in [0.15, 0.2) is 0 Å². The first-order valence-corrected chi connectivity index (χ1v) is 15.6. The Morgan fingerprint density at radius 2 is 1.69 bits per heavy atom. The van der Waals surface area contributed by atoms with Crippen molar-refractivity contribution in [2.75, 3.05) is 26.2 Å². The zero-order valence-electron chi connectivity index (χ0n) is 21.4. The monoisotopic (exact) mass is 537 g/mol. The van der Waals surface area contributed by atoms with Gasteiger partial charge in [-0.1, -0.05) is 37.3 Å². The van der Waals surface area contributed by atoms with Crippen LogP contribution >= 0.6 is 11.6 Å². The van der Waals surface area contributed by atoms with E-state index in [0.717, 1.165) is 38.8 Å². The summed E-state index contributed by atoms with van der Waals surface area (Å²) in [5.41, 5.74) is 0. The Balaban J connectivity index is 1.24. The van der Waals surface area contributed by atoms with E-state index in [0.29, 0.717) is 29.9 Å². The lowest BCUT2D eigenvalue weighted by Crippen LogP contribution is -2.57. The number of piperidine rings is 1. The Labute approximate surface area is 221 Å². The van der Waals surface area contributed by atoms with Gasteiger partial charge in [-0.15, -0.1) is 0 Å². The van der Waals surface area contributed by atoms with E-state index in [1.54, 1.807) is 28.6 Å². The molecular weight excluding hydrogens is 498 g/mol. The van der Waals surface area contributed by atoms with Crippen LogP contribution in [0.2, 0.25) is 5.02 Å². The summed E-state index contributed by atoms with van der Waals surface area (Å²) < 4.78 is 35.0. The van der Waals surface area contributed by atoms with Crippen LogP contribution in [0.1, 0.15) is 71.1 Å². The number of carbonyl (C=O) groups excluding carboxylic acids is 1. The Hall–Kier alpha value is -1.35. The zero-order chi connectivity index (χ0) is 25.3. The van der Waals surface area contributed by atoms with Gasteiger partial charge in [0, 0.05) is 42.8 Å². The second-order valence-electron chi connectivity index (χ2n) is 11.2. The molecule has 0 aromatic heterocycles. The lowest BCUT2D eigenvalue weighted by molar-refractivity contribution is 0.0176. The molecule has 0 N–H and O–H groups in total. The highest BCUT2D eigenvalue weighted by atomic mass is 35.5. The van der Waals surface area contributed by atoms with Crippen LogP contribution in [0.4, 0.5) is 4.79 Å². The van der Waals surface area contributed by atoms with Crippen LogP contribution in [0.3, 0.4) is 0 Å². The molecule has 2 saturated carbocycles. The molecule has 2 saturated heterocycles. The number of nitrogens with zero attached hydrogens (tertiary/aromatic N) is 3. The number of ether oxygens (including phenoxy) is 1. The Kier molecular flexibility index (Phi) is 8.15. The van der Waals surface area contributed by atoms with Crippen LogP contribution in [-0.4, -0.2) is 79.0 Å². The van der Waals surface area contributed by atoms with Gasteiger partial charge in [-0.3, -0.25) is 4.90 Å². The second-order valence-corrected chi connectivity index (χ2v) is 13.5. The second kappa shape index (κ2) is 11.2. The molecule has 1 aromatic carbocycles. The summed E-state index contributed by atoms with van der Waals surface area (Å²) in [5.74, 6) is 0.401. The summed E-state index contributed by atoms with van der Waals surface area (Å²) in [7, 11) is -3.72. The van der Waals surface area contributed by atoms with Gasteiger partial charge in [0.1, 0.15) is 6.61 Å². The first-order chi connectivity index (χ1) is 17.3. The molecule has 0 spiro atoms. The fourth-order valence-corrected chi connectivity index (χ4v) is 8.60. The summed E-state index contributed by atoms with van der Waals surface area (Å²) in [6.07, 6.45) is 10.8. The van der Waals surface area contributed by atoms with Crippen molar-refractivity contribution in [3.05, 3.63) is 29.3 Å². The molecule has 200 valence electrons. The summed E-state index contributed by atoms with van der Waals surface area (Å²) in [5, 5.41) is 0.509. The van der Waals surface area contributed by atoms with Crippen molar-refractivity contribution in [2.24, 2.45) is 5.92 Å². The summed E-state index contributed by atoms with van der Waals surface area (Å²) in [6.45, 7) is 4.62. The number of rotatable bonds is 6. The van der Waals surface area contributed by atoms with Crippen molar-refractivity contribution in [3.8, 4) is 0 Å². The van der Waals surface area contributed by atoms with E-state index < -0.39 is 10.0 Å². The van der Waals surface area contributed by atoms with Gasteiger partial charge in [-0.05, 0) is 75.6 Å². The molecule has 3 atom stereocenters. The Morgan fingerprint density at radius 3 is 2.36 bits per heavy atom. The zero-order valence-corrected chi connectivity index (χ0v) is 22.9. The molecule has 1 amide bonds. The number of hydrogen-bond donors (Lipinski definition) is 0. The molecular formula is C27H40ClN3O4S. The number of hydrogen-bond acceptors (Lipinski definition) is 5. The highest BCUT2D eigenvalue weighted by molar-refractivity contribution is 7.89. The van der Waals surface area contributed by atoms with Gasteiger partial charge >= 0.3 is 6.09 Å². The normalized spacial score (nSPS) is 29.3. The molecule has 2 heterocycles. The summed E-state index contributed by atoms with van der Waals surface area (Å²) >= 11 is 6.01. The lowest BCUT2D eigenvalue weighted by Gasteiger charge is -2.44. The molecule has 0 unspecified atom stereocenters. The molecule has 7 nitrogen and oxygen atoms in total. The van der Waals surface area contributed by atoms with Crippen molar-refractivity contribution in [3.63, 3.8) is 0 Å². The molecule has 1 aromatic rings. The number of sulfonamides is 1. The number of carbonyl (C=O) groups is 1. The first-order valence-electron chi connectivity index (χ1n) is 13.8. The van der Waals surface area contributed by atoms with Crippen LogP contribution in [0, 0.1) is 5.92 Å². The molecule has 9 heteroatoms. The van der Waals surface area contributed by atoms with E-state index in [9.17, 15) is 13.2 Å². The van der Waals surface area contributed by atoms with Crippen LogP contribution < -0.4 is 0 Å². The predicted octanol–water partition coefficient (Wildman–Crippen LogP) is 5.14. The Bertz CT molecular complexity index is 1010. The Morgan fingerprint density at radius 1 is 0.972 bits per heavy atom. The van der Waals surface area contributed by atoms with E-state index in [1.165, 1.54) is 32.1 Å². The predicted molar refractivity (Wildman–Crippen MR) is 141 cm³/mol. The van der Waals surface area contributed by atoms with Gasteiger partial charge in [-0.25, -0.2) is 13.2 Å². The maximum Gasteiger partial charge on any atom is 0.410 e.